The summed E-state index contributed by atoms with van der Waals surface area (Å²) < 4.78 is 7.98. The second-order valence-electron chi connectivity index (χ2n) is 7.01. The molecule has 148 valence electrons. The molecule has 0 saturated heterocycles. The summed E-state index contributed by atoms with van der Waals surface area (Å²) >= 11 is 0. The summed E-state index contributed by atoms with van der Waals surface area (Å²) in [6, 6.07) is 16.2. The number of aliphatic hydroxyl groups excluding tert-OH is 1. The molecule has 3 rings (SSSR count). The van der Waals surface area contributed by atoms with E-state index in [1.165, 1.54) is 5.56 Å². The molecule has 0 aliphatic heterocycles. The Balaban J connectivity index is 1.80. The Morgan fingerprint density at radius 3 is 2.14 bits per heavy atom. The highest BCUT2D eigenvalue weighted by molar-refractivity contribution is 5.34. The lowest BCUT2D eigenvalue weighted by molar-refractivity contribution is 0.282. The second-order valence-corrected chi connectivity index (χ2v) is 7.01. The van der Waals surface area contributed by atoms with E-state index in [4.69, 9.17) is 4.74 Å². The van der Waals surface area contributed by atoms with Gasteiger partial charge in [-0.1, -0.05) is 62.4 Å². The van der Waals surface area contributed by atoms with E-state index < -0.39 is 0 Å². The van der Waals surface area contributed by atoms with Crippen molar-refractivity contribution in [3.05, 3.63) is 70.9 Å². The number of benzene rings is 2. The van der Waals surface area contributed by atoms with Crippen molar-refractivity contribution in [2.45, 2.75) is 59.1 Å². The summed E-state index contributed by atoms with van der Waals surface area (Å²) in [5.74, 6) is 2.07. The molecule has 0 amide bonds. The van der Waals surface area contributed by atoms with E-state index in [0.29, 0.717) is 18.3 Å². The number of aryl methyl sites for hydroxylation is 1. The van der Waals surface area contributed by atoms with Crippen LogP contribution in [0.3, 0.4) is 0 Å². The standard InChI is InChI=1S/C23H29N3O2/c1-4-19(5-2)20-11-13-21(14-12-20)28-23-22(6-3)24-25-26(23)15-17-7-9-18(16-27)10-8-17/h7-14,19,27H,4-6,15-16H2,1-3H3. The summed E-state index contributed by atoms with van der Waals surface area (Å²) in [7, 11) is 0. The number of ether oxygens (including phenoxy) is 1. The fourth-order valence-electron chi connectivity index (χ4n) is 3.38. The van der Waals surface area contributed by atoms with Gasteiger partial charge in [0.1, 0.15) is 11.4 Å². The average Bonchev–Trinajstić information content (AvgIpc) is 3.12. The average molecular weight is 380 g/mol. The van der Waals surface area contributed by atoms with Crippen molar-refractivity contribution in [1.29, 1.82) is 0 Å². The molecule has 3 aromatic rings. The SMILES string of the molecule is CCc1nnn(Cc2ccc(CO)cc2)c1Oc1ccc(C(CC)CC)cc1. The van der Waals surface area contributed by atoms with Crippen molar-refractivity contribution in [2.75, 3.05) is 0 Å². The number of aliphatic hydroxyl groups is 1. The van der Waals surface area contributed by atoms with E-state index in [-0.39, 0.29) is 6.61 Å². The molecule has 1 aromatic heterocycles. The minimum Gasteiger partial charge on any atom is -0.437 e. The predicted octanol–water partition coefficient (Wildman–Crippen LogP) is 5.08. The van der Waals surface area contributed by atoms with Crippen LogP contribution in [0, 0.1) is 0 Å². The smallest absolute Gasteiger partial charge is 0.241 e. The summed E-state index contributed by atoms with van der Waals surface area (Å²) in [6.07, 6.45) is 3.04. The van der Waals surface area contributed by atoms with Crippen LogP contribution in [0.2, 0.25) is 0 Å². The zero-order valence-electron chi connectivity index (χ0n) is 16.9. The van der Waals surface area contributed by atoms with Gasteiger partial charge in [0, 0.05) is 0 Å². The van der Waals surface area contributed by atoms with Gasteiger partial charge in [0.15, 0.2) is 0 Å². The molecule has 0 atom stereocenters. The van der Waals surface area contributed by atoms with Crippen molar-refractivity contribution in [1.82, 2.24) is 15.0 Å². The molecule has 0 unspecified atom stereocenters. The molecular weight excluding hydrogens is 350 g/mol. The van der Waals surface area contributed by atoms with Gasteiger partial charge in [-0.2, -0.15) is 0 Å². The fraction of sp³-hybridized carbons (Fsp3) is 0.391. The second kappa shape index (κ2) is 9.51. The topological polar surface area (TPSA) is 60.2 Å². The molecule has 0 spiro atoms. The predicted molar refractivity (Wildman–Crippen MR) is 111 cm³/mol. The molecule has 1 heterocycles. The van der Waals surface area contributed by atoms with E-state index in [0.717, 1.165) is 41.8 Å². The van der Waals surface area contributed by atoms with Crippen molar-refractivity contribution >= 4 is 0 Å². The summed E-state index contributed by atoms with van der Waals surface area (Å²) in [5, 5.41) is 17.8. The van der Waals surface area contributed by atoms with Crippen LogP contribution in [-0.2, 0) is 19.6 Å². The number of hydrogen-bond acceptors (Lipinski definition) is 4. The summed E-state index contributed by atoms with van der Waals surface area (Å²) in [6.45, 7) is 7.12. The molecule has 0 saturated carbocycles. The Kier molecular flexibility index (Phi) is 6.82. The highest BCUT2D eigenvalue weighted by atomic mass is 16.5. The quantitative estimate of drug-likeness (QED) is 0.563. The van der Waals surface area contributed by atoms with Crippen LogP contribution in [-0.4, -0.2) is 20.1 Å². The van der Waals surface area contributed by atoms with Crippen molar-refractivity contribution in [2.24, 2.45) is 0 Å². The molecule has 1 N–H and O–H groups in total. The summed E-state index contributed by atoms with van der Waals surface area (Å²) in [5.41, 5.74) is 4.17. The monoisotopic (exact) mass is 379 g/mol. The third-order valence-electron chi connectivity index (χ3n) is 5.18. The molecule has 28 heavy (non-hydrogen) atoms. The van der Waals surface area contributed by atoms with Crippen molar-refractivity contribution in [3.63, 3.8) is 0 Å². The largest absolute Gasteiger partial charge is 0.437 e. The Bertz CT molecular complexity index is 866. The molecule has 5 nitrogen and oxygen atoms in total. The highest BCUT2D eigenvalue weighted by Gasteiger charge is 2.15. The van der Waals surface area contributed by atoms with Gasteiger partial charge in [-0.3, -0.25) is 0 Å². The lowest BCUT2D eigenvalue weighted by Crippen LogP contribution is -2.05. The Morgan fingerprint density at radius 2 is 1.57 bits per heavy atom. The molecule has 5 heteroatoms. The van der Waals surface area contributed by atoms with E-state index >= 15 is 0 Å². The first kappa shape index (κ1) is 20.1. The van der Waals surface area contributed by atoms with Gasteiger partial charge in [-0.05, 0) is 54.0 Å². The molecule has 0 aliphatic rings. The van der Waals surface area contributed by atoms with Gasteiger partial charge < -0.3 is 9.84 Å². The first-order valence-corrected chi connectivity index (χ1v) is 10.1. The zero-order chi connectivity index (χ0) is 19.9. The maximum atomic E-state index is 9.20. The number of nitrogens with zero attached hydrogens (tertiary/aromatic N) is 3. The third kappa shape index (κ3) is 4.60. The van der Waals surface area contributed by atoms with Crippen LogP contribution in [0.25, 0.3) is 0 Å². The van der Waals surface area contributed by atoms with E-state index in [2.05, 4.69) is 36.3 Å². The van der Waals surface area contributed by atoms with Gasteiger partial charge in [-0.15, -0.1) is 5.10 Å². The van der Waals surface area contributed by atoms with Gasteiger partial charge in [0.05, 0.1) is 13.2 Å². The van der Waals surface area contributed by atoms with Crippen LogP contribution < -0.4 is 4.74 Å². The lowest BCUT2D eigenvalue weighted by atomic mass is 9.94. The van der Waals surface area contributed by atoms with Gasteiger partial charge in [0.25, 0.3) is 0 Å². The minimum atomic E-state index is 0.0465. The first-order chi connectivity index (χ1) is 13.7. The highest BCUT2D eigenvalue weighted by Crippen LogP contribution is 2.29. The van der Waals surface area contributed by atoms with E-state index in [9.17, 15) is 5.11 Å². The minimum absolute atomic E-state index is 0.0465. The lowest BCUT2D eigenvalue weighted by Gasteiger charge is -2.14. The zero-order valence-corrected chi connectivity index (χ0v) is 16.9. The Morgan fingerprint density at radius 1 is 0.929 bits per heavy atom. The third-order valence-corrected chi connectivity index (χ3v) is 5.18. The number of hydrogen-bond donors (Lipinski definition) is 1. The molecule has 0 bridgehead atoms. The molecular formula is C23H29N3O2. The van der Waals surface area contributed by atoms with Crippen molar-refractivity contribution < 1.29 is 9.84 Å². The Labute approximate surface area is 167 Å². The van der Waals surface area contributed by atoms with Crippen LogP contribution in [0.4, 0.5) is 0 Å². The van der Waals surface area contributed by atoms with E-state index in [1.54, 1.807) is 4.68 Å². The summed E-state index contributed by atoms with van der Waals surface area (Å²) in [4.78, 5) is 0. The Hall–Kier alpha value is -2.66. The maximum absolute atomic E-state index is 9.20. The molecule has 0 fully saturated rings. The van der Waals surface area contributed by atoms with Crippen molar-refractivity contribution in [3.8, 4) is 11.6 Å². The van der Waals surface area contributed by atoms with Gasteiger partial charge in [-0.25, -0.2) is 4.68 Å². The van der Waals surface area contributed by atoms with Crippen LogP contribution >= 0.6 is 0 Å². The van der Waals surface area contributed by atoms with Crippen LogP contribution in [0.15, 0.2) is 48.5 Å². The normalized spacial score (nSPS) is 11.2. The van der Waals surface area contributed by atoms with Crippen LogP contribution in [0.1, 0.15) is 61.9 Å². The number of aromatic nitrogens is 3. The first-order valence-electron chi connectivity index (χ1n) is 10.1. The molecule has 0 aliphatic carbocycles. The van der Waals surface area contributed by atoms with Gasteiger partial charge >= 0.3 is 0 Å². The molecule has 0 radical (unpaired) electrons. The fourth-order valence-corrected chi connectivity index (χ4v) is 3.38. The van der Waals surface area contributed by atoms with Gasteiger partial charge in [0.2, 0.25) is 5.88 Å². The molecule has 2 aromatic carbocycles. The van der Waals surface area contributed by atoms with Crippen LogP contribution in [0.5, 0.6) is 11.6 Å². The number of rotatable bonds is 9. The van der Waals surface area contributed by atoms with E-state index in [1.807, 2.05) is 43.3 Å². The maximum Gasteiger partial charge on any atom is 0.241 e.